The Labute approximate surface area is 130 Å². The van der Waals surface area contributed by atoms with Crippen LogP contribution in [0.5, 0.6) is 0 Å². The Bertz CT molecular complexity index is 500. The molecule has 0 radical (unpaired) electrons. The van der Waals surface area contributed by atoms with Gasteiger partial charge in [-0.15, -0.1) is 0 Å². The zero-order valence-electron chi connectivity index (χ0n) is 9.54. The minimum atomic E-state index is -3.66. The van der Waals surface area contributed by atoms with Gasteiger partial charge in [0.05, 0.1) is 10.0 Å². The van der Waals surface area contributed by atoms with Crippen LogP contribution in [-0.4, -0.2) is 27.0 Å². The van der Waals surface area contributed by atoms with E-state index < -0.39 is 10.0 Å². The van der Waals surface area contributed by atoms with Gasteiger partial charge in [0.1, 0.15) is 4.90 Å². The highest BCUT2D eigenvalue weighted by molar-refractivity contribution is 9.10. The second-order valence-electron chi connectivity index (χ2n) is 3.44. The van der Waals surface area contributed by atoms with Crippen LogP contribution in [0.25, 0.3) is 0 Å². The Balaban J connectivity index is 2.92. The van der Waals surface area contributed by atoms with Crippen molar-refractivity contribution in [3.05, 3.63) is 26.7 Å². The Morgan fingerprint density at radius 3 is 2.39 bits per heavy atom. The van der Waals surface area contributed by atoms with Gasteiger partial charge in [0.15, 0.2) is 0 Å². The van der Waals surface area contributed by atoms with Gasteiger partial charge in [-0.25, -0.2) is 13.1 Å². The lowest BCUT2D eigenvalue weighted by Gasteiger charge is -2.10. The molecule has 0 aliphatic heterocycles. The van der Waals surface area contributed by atoms with Crippen molar-refractivity contribution in [1.29, 1.82) is 0 Å². The summed E-state index contributed by atoms with van der Waals surface area (Å²) in [5.74, 6) is 0.893. The number of benzene rings is 1. The number of hydrogen-bond donors (Lipinski definition) is 1. The van der Waals surface area contributed by atoms with E-state index in [0.717, 1.165) is 12.2 Å². The fourth-order valence-electron chi connectivity index (χ4n) is 1.28. The smallest absolute Gasteiger partial charge is 0.211 e. The minimum Gasteiger partial charge on any atom is -0.211 e. The van der Waals surface area contributed by atoms with Crippen molar-refractivity contribution in [3.8, 4) is 0 Å². The summed E-state index contributed by atoms with van der Waals surface area (Å²) in [6.45, 7) is 0.367. The van der Waals surface area contributed by atoms with Gasteiger partial charge < -0.3 is 0 Å². The Kier molecular flexibility index (Phi) is 6.78. The molecule has 0 fully saturated rings. The molecular formula is C10H12BrCl2NO2S2. The Morgan fingerprint density at radius 2 is 1.89 bits per heavy atom. The lowest BCUT2D eigenvalue weighted by molar-refractivity contribution is 0.581. The number of rotatable bonds is 6. The second kappa shape index (κ2) is 7.36. The summed E-state index contributed by atoms with van der Waals surface area (Å²) in [5, 5.41) is 0.207. The summed E-state index contributed by atoms with van der Waals surface area (Å²) in [6, 6.07) is 3.01. The molecule has 0 saturated carbocycles. The van der Waals surface area contributed by atoms with Crippen molar-refractivity contribution in [3.63, 3.8) is 0 Å². The zero-order chi connectivity index (χ0) is 13.8. The van der Waals surface area contributed by atoms with Crippen LogP contribution in [0.15, 0.2) is 21.5 Å². The van der Waals surface area contributed by atoms with E-state index in [4.69, 9.17) is 23.2 Å². The summed E-state index contributed by atoms with van der Waals surface area (Å²) in [5.41, 5.74) is 0. The van der Waals surface area contributed by atoms with Crippen LogP contribution in [0.2, 0.25) is 10.0 Å². The van der Waals surface area contributed by atoms with E-state index in [-0.39, 0.29) is 14.9 Å². The van der Waals surface area contributed by atoms with Crippen molar-refractivity contribution >= 4 is 60.9 Å². The normalized spacial score (nSPS) is 11.8. The van der Waals surface area contributed by atoms with Crippen LogP contribution in [0.3, 0.4) is 0 Å². The third kappa shape index (κ3) is 4.58. The Hall–Kier alpha value is 0.540. The zero-order valence-corrected chi connectivity index (χ0v) is 14.3. The van der Waals surface area contributed by atoms with Gasteiger partial charge in [0.25, 0.3) is 0 Å². The summed E-state index contributed by atoms with van der Waals surface area (Å²) in [7, 11) is -3.66. The molecule has 102 valence electrons. The minimum absolute atomic E-state index is 0.0711. The molecule has 0 spiro atoms. The molecule has 0 aliphatic carbocycles. The predicted molar refractivity (Wildman–Crippen MR) is 82.3 cm³/mol. The maximum atomic E-state index is 12.0. The highest BCUT2D eigenvalue weighted by Crippen LogP contribution is 2.32. The third-order valence-corrected chi connectivity index (χ3v) is 5.59. The molecule has 0 bridgehead atoms. The first-order valence-corrected chi connectivity index (χ1v) is 9.44. The quantitative estimate of drug-likeness (QED) is 0.749. The molecular weight excluding hydrogens is 381 g/mol. The third-order valence-electron chi connectivity index (χ3n) is 2.05. The standard InChI is InChI=1S/C10H12BrCl2NO2S2/c1-17-4-2-3-14-18(15,16)10-8(12)5-7(11)6-9(10)13/h5-6,14H,2-4H2,1H3. The van der Waals surface area contributed by atoms with E-state index in [9.17, 15) is 8.42 Å². The van der Waals surface area contributed by atoms with Gasteiger partial charge in [-0.2, -0.15) is 11.8 Å². The van der Waals surface area contributed by atoms with Gasteiger partial charge >= 0.3 is 0 Å². The van der Waals surface area contributed by atoms with Gasteiger partial charge in [-0.1, -0.05) is 39.1 Å². The fraction of sp³-hybridized carbons (Fsp3) is 0.400. The number of sulfonamides is 1. The fourth-order valence-corrected chi connectivity index (χ4v) is 4.72. The van der Waals surface area contributed by atoms with E-state index in [2.05, 4.69) is 20.7 Å². The maximum absolute atomic E-state index is 12.0. The molecule has 0 aromatic heterocycles. The summed E-state index contributed by atoms with van der Waals surface area (Å²) >= 11 is 16.7. The van der Waals surface area contributed by atoms with Crippen molar-refractivity contribution in [2.24, 2.45) is 0 Å². The van der Waals surface area contributed by atoms with Crippen molar-refractivity contribution in [2.45, 2.75) is 11.3 Å². The van der Waals surface area contributed by atoms with Crippen LogP contribution in [-0.2, 0) is 10.0 Å². The number of nitrogens with one attached hydrogen (secondary N) is 1. The van der Waals surface area contributed by atoms with Crippen LogP contribution in [0, 0.1) is 0 Å². The molecule has 1 N–H and O–H groups in total. The van der Waals surface area contributed by atoms with E-state index in [1.807, 2.05) is 6.26 Å². The average Bonchev–Trinajstić information content (AvgIpc) is 2.22. The average molecular weight is 393 g/mol. The number of halogens is 3. The topological polar surface area (TPSA) is 46.2 Å². The molecule has 1 rings (SSSR count). The van der Waals surface area contributed by atoms with E-state index in [0.29, 0.717) is 11.0 Å². The molecule has 0 saturated heterocycles. The van der Waals surface area contributed by atoms with Gasteiger partial charge in [-0.05, 0) is 30.6 Å². The number of thioether (sulfide) groups is 1. The van der Waals surface area contributed by atoms with Crippen molar-refractivity contribution in [2.75, 3.05) is 18.6 Å². The molecule has 0 atom stereocenters. The maximum Gasteiger partial charge on any atom is 0.243 e. The van der Waals surface area contributed by atoms with Crippen LogP contribution in [0.1, 0.15) is 6.42 Å². The largest absolute Gasteiger partial charge is 0.243 e. The molecule has 18 heavy (non-hydrogen) atoms. The monoisotopic (exact) mass is 391 g/mol. The van der Waals surface area contributed by atoms with E-state index in [1.165, 1.54) is 12.1 Å². The molecule has 1 aromatic rings. The SMILES string of the molecule is CSCCCNS(=O)(=O)c1c(Cl)cc(Br)cc1Cl. The lowest BCUT2D eigenvalue weighted by atomic mass is 10.4. The van der Waals surface area contributed by atoms with E-state index in [1.54, 1.807) is 11.8 Å². The first kappa shape index (κ1) is 16.6. The molecule has 0 aliphatic rings. The molecule has 3 nitrogen and oxygen atoms in total. The highest BCUT2D eigenvalue weighted by Gasteiger charge is 2.21. The molecule has 8 heteroatoms. The van der Waals surface area contributed by atoms with Crippen molar-refractivity contribution < 1.29 is 8.42 Å². The van der Waals surface area contributed by atoms with E-state index >= 15 is 0 Å². The second-order valence-corrected chi connectivity index (χ2v) is 7.86. The van der Waals surface area contributed by atoms with Crippen LogP contribution < -0.4 is 4.72 Å². The highest BCUT2D eigenvalue weighted by atomic mass is 79.9. The summed E-state index contributed by atoms with van der Waals surface area (Å²) in [6.07, 6.45) is 2.73. The Morgan fingerprint density at radius 1 is 1.33 bits per heavy atom. The molecule has 1 aromatic carbocycles. The first-order valence-electron chi connectivity index (χ1n) is 5.01. The van der Waals surface area contributed by atoms with Crippen LogP contribution in [0.4, 0.5) is 0 Å². The van der Waals surface area contributed by atoms with Gasteiger partial charge in [0, 0.05) is 11.0 Å². The van der Waals surface area contributed by atoms with Crippen LogP contribution >= 0.6 is 50.9 Å². The van der Waals surface area contributed by atoms with Gasteiger partial charge in [-0.3, -0.25) is 0 Å². The molecule has 0 unspecified atom stereocenters. The van der Waals surface area contributed by atoms with Crippen molar-refractivity contribution in [1.82, 2.24) is 4.72 Å². The summed E-state index contributed by atoms with van der Waals surface area (Å²) < 4.78 is 27.2. The molecule has 0 amide bonds. The van der Waals surface area contributed by atoms with Gasteiger partial charge in [0.2, 0.25) is 10.0 Å². The number of hydrogen-bond acceptors (Lipinski definition) is 3. The lowest BCUT2D eigenvalue weighted by Crippen LogP contribution is -2.25. The predicted octanol–water partition coefficient (Wildman–Crippen LogP) is 3.79. The molecule has 0 heterocycles. The summed E-state index contributed by atoms with van der Waals surface area (Å²) in [4.78, 5) is -0.0711. The first-order chi connectivity index (χ1) is 8.38.